The summed E-state index contributed by atoms with van der Waals surface area (Å²) in [6.45, 7) is 1.75. The number of anilines is 1. The summed E-state index contributed by atoms with van der Waals surface area (Å²) in [6, 6.07) is 6.39. The second-order valence-electron chi connectivity index (χ2n) is 3.96. The number of para-hydroxylation sites is 1. The van der Waals surface area contributed by atoms with Crippen molar-refractivity contribution < 1.29 is 16.8 Å². The summed E-state index contributed by atoms with van der Waals surface area (Å²) >= 11 is 0. The highest BCUT2D eigenvalue weighted by Crippen LogP contribution is 2.19. The molecule has 0 radical (unpaired) electrons. The second kappa shape index (κ2) is 7.02. The van der Waals surface area contributed by atoms with Gasteiger partial charge in [0.1, 0.15) is 4.90 Å². The van der Waals surface area contributed by atoms with Gasteiger partial charge in [0.25, 0.3) is 0 Å². The molecule has 0 saturated heterocycles. The maximum absolute atomic E-state index is 12.1. The number of rotatable bonds is 8. The Balaban J connectivity index is 2.77. The molecule has 0 unspecified atom stereocenters. The van der Waals surface area contributed by atoms with E-state index in [1.165, 1.54) is 6.07 Å². The molecule has 0 saturated carbocycles. The molecule has 0 aliphatic carbocycles. The summed E-state index contributed by atoms with van der Waals surface area (Å²) in [7, 11) is -5.57. The van der Waals surface area contributed by atoms with Crippen molar-refractivity contribution in [3.05, 3.63) is 24.3 Å². The Bertz CT molecular complexity index is 641. The van der Waals surface area contributed by atoms with Crippen LogP contribution < -0.4 is 14.8 Å². The number of nitrogens with one attached hydrogen (secondary N) is 3. The first kappa shape index (κ1) is 16.9. The monoisotopic (exact) mass is 321 g/mol. The highest BCUT2D eigenvalue weighted by Gasteiger charge is 2.18. The summed E-state index contributed by atoms with van der Waals surface area (Å²) in [4.78, 5) is 0.0864. The first-order valence-corrected chi connectivity index (χ1v) is 9.19. The van der Waals surface area contributed by atoms with Crippen molar-refractivity contribution in [3.63, 3.8) is 0 Å². The van der Waals surface area contributed by atoms with E-state index < -0.39 is 20.0 Å². The first-order chi connectivity index (χ1) is 9.32. The van der Waals surface area contributed by atoms with Gasteiger partial charge in [-0.05, 0) is 12.1 Å². The van der Waals surface area contributed by atoms with Gasteiger partial charge in [-0.2, -0.15) is 0 Å². The lowest BCUT2D eigenvalue weighted by molar-refractivity contribution is 0.577. The molecular formula is C11H19N3O4S2. The van der Waals surface area contributed by atoms with Gasteiger partial charge in [-0.1, -0.05) is 19.1 Å². The molecule has 1 rings (SSSR count). The van der Waals surface area contributed by atoms with Crippen LogP contribution in [0.3, 0.4) is 0 Å². The van der Waals surface area contributed by atoms with Gasteiger partial charge in [0.15, 0.2) is 0 Å². The minimum absolute atomic E-state index is 0.0864. The van der Waals surface area contributed by atoms with Gasteiger partial charge in [0.2, 0.25) is 20.0 Å². The third kappa shape index (κ3) is 4.75. The van der Waals surface area contributed by atoms with Crippen LogP contribution >= 0.6 is 0 Å². The molecule has 0 bridgehead atoms. The highest BCUT2D eigenvalue weighted by atomic mass is 32.2. The van der Waals surface area contributed by atoms with E-state index in [1.54, 1.807) is 32.2 Å². The highest BCUT2D eigenvalue weighted by molar-refractivity contribution is 7.90. The van der Waals surface area contributed by atoms with Gasteiger partial charge in [-0.3, -0.25) is 0 Å². The molecule has 9 heteroatoms. The molecular weight excluding hydrogens is 302 g/mol. The molecule has 0 aliphatic heterocycles. The van der Waals surface area contributed by atoms with Gasteiger partial charge < -0.3 is 5.32 Å². The van der Waals surface area contributed by atoms with Crippen LogP contribution in [0.1, 0.15) is 6.92 Å². The lowest BCUT2D eigenvalue weighted by atomic mass is 10.3. The van der Waals surface area contributed by atoms with Crippen LogP contribution in [0.5, 0.6) is 0 Å². The van der Waals surface area contributed by atoms with Gasteiger partial charge in [0, 0.05) is 20.1 Å². The number of hydrogen-bond donors (Lipinski definition) is 3. The van der Waals surface area contributed by atoms with Crippen molar-refractivity contribution in [1.29, 1.82) is 0 Å². The molecule has 1 aromatic carbocycles. The molecule has 20 heavy (non-hydrogen) atoms. The van der Waals surface area contributed by atoms with E-state index in [4.69, 9.17) is 0 Å². The molecule has 0 aliphatic rings. The quantitative estimate of drug-likeness (QED) is 0.622. The predicted octanol–water partition coefficient (Wildman–Crippen LogP) is -0.0541. The van der Waals surface area contributed by atoms with Crippen LogP contribution in [0, 0.1) is 0 Å². The zero-order chi connectivity index (χ0) is 15.2. The Labute approximate surface area is 119 Å². The zero-order valence-corrected chi connectivity index (χ0v) is 13.0. The van der Waals surface area contributed by atoms with Crippen molar-refractivity contribution in [2.24, 2.45) is 0 Å². The van der Waals surface area contributed by atoms with Crippen LogP contribution in [0.25, 0.3) is 0 Å². The topological polar surface area (TPSA) is 104 Å². The van der Waals surface area contributed by atoms with Gasteiger partial charge >= 0.3 is 0 Å². The molecule has 0 spiro atoms. The fraction of sp³-hybridized carbons (Fsp3) is 0.455. The second-order valence-corrected chi connectivity index (χ2v) is 7.62. The molecule has 1 aromatic rings. The van der Waals surface area contributed by atoms with E-state index >= 15 is 0 Å². The average Bonchev–Trinajstić information content (AvgIpc) is 2.38. The van der Waals surface area contributed by atoms with Crippen molar-refractivity contribution in [3.8, 4) is 0 Å². The van der Waals surface area contributed by atoms with Gasteiger partial charge in [0.05, 0.1) is 11.4 Å². The fourth-order valence-corrected chi connectivity index (χ4v) is 3.92. The lowest BCUT2D eigenvalue weighted by Gasteiger charge is -2.11. The number of sulfonamides is 2. The largest absolute Gasteiger partial charge is 0.387 e. The number of hydrogen-bond acceptors (Lipinski definition) is 5. The Morgan fingerprint density at radius 3 is 2.30 bits per heavy atom. The third-order valence-corrected chi connectivity index (χ3v) is 5.46. The van der Waals surface area contributed by atoms with Crippen LogP contribution in [0.15, 0.2) is 29.2 Å². The van der Waals surface area contributed by atoms with Crippen molar-refractivity contribution >= 4 is 25.7 Å². The Kier molecular flexibility index (Phi) is 5.93. The van der Waals surface area contributed by atoms with E-state index in [0.29, 0.717) is 5.69 Å². The van der Waals surface area contributed by atoms with Crippen LogP contribution in [0.4, 0.5) is 5.69 Å². The minimum atomic E-state index is -3.75. The van der Waals surface area contributed by atoms with E-state index in [-0.39, 0.29) is 23.7 Å². The molecule has 0 heterocycles. The van der Waals surface area contributed by atoms with Crippen molar-refractivity contribution in [2.75, 3.05) is 31.2 Å². The van der Waals surface area contributed by atoms with Crippen molar-refractivity contribution in [2.45, 2.75) is 11.8 Å². The van der Waals surface area contributed by atoms with E-state index in [1.807, 2.05) is 0 Å². The molecule has 0 amide bonds. The van der Waals surface area contributed by atoms with Crippen molar-refractivity contribution in [1.82, 2.24) is 9.44 Å². The molecule has 7 nitrogen and oxygen atoms in total. The molecule has 0 aromatic heterocycles. The first-order valence-electron chi connectivity index (χ1n) is 6.06. The molecule has 0 fully saturated rings. The van der Waals surface area contributed by atoms with Crippen LogP contribution in [-0.2, 0) is 20.0 Å². The average molecular weight is 321 g/mol. The van der Waals surface area contributed by atoms with Crippen LogP contribution in [-0.4, -0.2) is 42.7 Å². The maximum atomic E-state index is 12.1. The molecule has 114 valence electrons. The normalized spacial score (nSPS) is 12.3. The maximum Gasteiger partial charge on any atom is 0.242 e. The predicted molar refractivity (Wildman–Crippen MR) is 78.6 cm³/mol. The fourth-order valence-electron chi connectivity index (χ4n) is 1.59. The Morgan fingerprint density at radius 2 is 1.70 bits per heavy atom. The Morgan fingerprint density at radius 1 is 1.05 bits per heavy atom. The lowest BCUT2D eigenvalue weighted by Crippen LogP contribution is -2.34. The SMILES string of the molecule is CCNS(=O)(=O)CCNS(=O)(=O)c1ccccc1NC. The third-order valence-electron chi connectivity index (χ3n) is 2.47. The number of benzene rings is 1. The van der Waals surface area contributed by atoms with Gasteiger partial charge in [-0.25, -0.2) is 26.3 Å². The smallest absolute Gasteiger partial charge is 0.242 e. The molecule has 0 atom stereocenters. The summed E-state index contributed by atoms with van der Waals surface area (Å²) < 4.78 is 51.6. The van der Waals surface area contributed by atoms with Crippen LogP contribution in [0.2, 0.25) is 0 Å². The zero-order valence-electron chi connectivity index (χ0n) is 11.4. The summed E-state index contributed by atoms with van der Waals surface area (Å²) in [5.41, 5.74) is 0.453. The van der Waals surface area contributed by atoms with E-state index in [0.717, 1.165) is 0 Å². The van der Waals surface area contributed by atoms with E-state index in [9.17, 15) is 16.8 Å². The Hall–Kier alpha value is -1.16. The summed E-state index contributed by atoms with van der Waals surface area (Å²) in [5, 5.41) is 2.78. The minimum Gasteiger partial charge on any atom is -0.387 e. The standard InChI is InChI=1S/C11H19N3O4S2/c1-3-13-19(15,16)9-8-14-20(17,18)11-7-5-4-6-10(11)12-2/h4-7,12-14H,3,8-9H2,1-2H3. The molecule has 3 N–H and O–H groups in total. The summed E-state index contributed by atoms with van der Waals surface area (Å²) in [5.74, 6) is -0.304. The summed E-state index contributed by atoms with van der Waals surface area (Å²) in [6.07, 6.45) is 0. The van der Waals surface area contributed by atoms with E-state index in [2.05, 4.69) is 14.8 Å². The van der Waals surface area contributed by atoms with Gasteiger partial charge in [-0.15, -0.1) is 0 Å².